The first-order valence-electron chi connectivity index (χ1n) is 6.25. The second kappa shape index (κ2) is 5.79. The van der Waals surface area contributed by atoms with E-state index in [0.29, 0.717) is 18.7 Å². The predicted molar refractivity (Wildman–Crippen MR) is 68.6 cm³/mol. The third kappa shape index (κ3) is 3.51. The van der Waals surface area contributed by atoms with Gasteiger partial charge in [-0.05, 0) is 18.4 Å². The highest BCUT2D eigenvalue weighted by Crippen LogP contribution is 2.16. The van der Waals surface area contributed by atoms with Gasteiger partial charge in [-0.3, -0.25) is 14.9 Å². The van der Waals surface area contributed by atoms with Crippen molar-refractivity contribution >= 4 is 11.6 Å². The molecule has 1 aromatic rings. The molecule has 1 aliphatic heterocycles. The minimum Gasteiger partial charge on any atom is -0.391 e. The monoisotopic (exact) mass is 264 g/mol. The van der Waals surface area contributed by atoms with E-state index < -0.39 is 11.0 Å². The third-order valence-electron chi connectivity index (χ3n) is 3.23. The van der Waals surface area contributed by atoms with E-state index >= 15 is 0 Å². The zero-order valence-electron chi connectivity index (χ0n) is 10.5. The molecule has 1 fully saturated rings. The van der Waals surface area contributed by atoms with E-state index in [0.717, 1.165) is 12.8 Å². The Balaban J connectivity index is 2.02. The maximum absolute atomic E-state index is 12.0. The molecule has 1 atom stereocenters. The van der Waals surface area contributed by atoms with Gasteiger partial charge < -0.3 is 10.0 Å². The Bertz CT molecular complexity index is 489. The van der Waals surface area contributed by atoms with Gasteiger partial charge in [-0.1, -0.05) is 12.1 Å². The number of nitrogens with zero attached hydrogens (tertiary/aromatic N) is 2. The minimum atomic E-state index is -0.474. The van der Waals surface area contributed by atoms with E-state index in [2.05, 4.69) is 0 Å². The molecular formula is C13H16N2O4. The molecule has 0 bridgehead atoms. The molecule has 1 N–H and O–H groups in total. The summed E-state index contributed by atoms with van der Waals surface area (Å²) in [6.07, 6.45) is 1.19. The molecule has 6 heteroatoms. The number of nitro groups is 1. The fourth-order valence-electron chi connectivity index (χ4n) is 2.25. The number of rotatable bonds is 3. The molecule has 0 radical (unpaired) electrons. The van der Waals surface area contributed by atoms with E-state index in [1.54, 1.807) is 17.0 Å². The standard InChI is InChI=1S/C13H16N2O4/c16-12-5-2-6-14(9-12)13(17)8-10-3-1-4-11(7-10)15(18)19/h1,3-4,7,12,16H,2,5-6,8-9H2. The quantitative estimate of drug-likeness (QED) is 0.655. The van der Waals surface area contributed by atoms with Crippen molar-refractivity contribution in [3.8, 4) is 0 Å². The van der Waals surface area contributed by atoms with Crippen LogP contribution in [0.5, 0.6) is 0 Å². The minimum absolute atomic E-state index is 0.0102. The van der Waals surface area contributed by atoms with Crippen molar-refractivity contribution in [2.75, 3.05) is 13.1 Å². The van der Waals surface area contributed by atoms with Gasteiger partial charge in [-0.25, -0.2) is 0 Å². The molecule has 2 rings (SSSR count). The first-order chi connectivity index (χ1) is 9.06. The molecule has 19 heavy (non-hydrogen) atoms. The molecule has 1 aromatic carbocycles. The summed E-state index contributed by atoms with van der Waals surface area (Å²) in [5.41, 5.74) is 0.614. The lowest BCUT2D eigenvalue weighted by Gasteiger charge is -2.30. The fraction of sp³-hybridized carbons (Fsp3) is 0.462. The Kier molecular flexibility index (Phi) is 4.11. The highest BCUT2D eigenvalue weighted by atomic mass is 16.6. The normalized spacial score (nSPS) is 19.2. The van der Waals surface area contributed by atoms with Crippen molar-refractivity contribution in [1.82, 2.24) is 4.90 Å². The highest BCUT2D eigenvalue weighted by Gasteiger charge is 2.22. The summed E-state index contributed by atoms with van der Waals surface area (Å²) in [5, 5.41) is 20.2. The van der Waals surface area contributed by atoms with Gasteiger partial charge in [0.15, 0.2) is 0 Å². The lowest BCUT2D eigenvalue weighted by Crippen LogP contribution is -2.42. The Morgan fingerprint density at radius 3 is 3.00 bits per heavy atom. The molecule has 1 unspecified atom stereocenters. The van der Waals surface area contributed by atoms with Crippen LogP contribution in [0.15, 0.2) is 24.3 Å². The number of β-amino-alcohol motifs (C(OH)–C–C–N with tert-alkyl or cyclic N) is 1. The maximum atomic E-state index is 12.0. The first kappa shape index (κ1) is 13.5. The van der Waals surface area contributed by atoms with Crippen LogP contribution < -0.4 is 0 Å². The molecule has 0 spiro atoms. The molecule has 6 nitrogen and oxygen atoms in total. The van der Waals surface area contributed by atoms with Crippen molar-refractivity contribution in [1.29, 1.82) is 0 Å². The summed E-state index contributed by atoms with van der Waals surface area (Å²) in [5.74, 6) is -0.0979. The zero-order chi connectivity index (χ0) is 13.8. The third-order valence-corrected chi connectivity index (χ3v) is 3.23. The topological polar surface area (TPSA) is 83.7 Å². The van der Waals surface area contributed by atoms with Crippen molar-refractivity contribution in [2.24, 2.45) is 0 Å². The van der Waals surface area contributed by atoms with E-state index in [9.17, 15) is 20.0 Å². The number of amides is 1. The smallest absolute Gasteiger partial charge is 0.269 e. The Morgan fingerprint density at radius 2 is 2.32 bits per heavy atom. The van der Waals surface area contributed by atoms with Crippen LogP contribution in [-0.4, -0.2) is 40.0 Å². The molecule has 0 aromatic heterocycles. The van der Waals surface area contributed by atoms with Crippen LogP contribution >= 0.6 is 0 Å². The van der Waals surface area contributed by atoms with Crippen LogP contribution in [-0.2, 0) is 11.2 Å². The maximum Gasteiger partial charge on any atom is 0.269 e. The number of hydrogen-bond donors (Lipinski definition) is 1. The number of aliphatic hydroxyl groups excluding tert-OH is 1. The number of carbonyl (C=O) groups is 1. The van der Waals surface area contributed by atoms with Gasteiger partial charge in [-0.15, -0.1) is 0 Å². The fourth-order valence-corrected chi connectivity index (χ4v) is 2.25. The average molecular weight is 264 g/mol. The van der Waals surface area contributed by atoms with Crippen LogP contribution in [0.4, 0.5) is 5.69 Å². The predicted octanol–water partition coefficient (Wildman–Crippen LogP) is 1.12. The second-order valence-electron chi connectivity index (χ2n) is 4.74. The van der Waals surface area contributed by atoms with Crippen LogP contribution in [0.25, 0.3) is 0 Å². The average Bonchev–Trinajstić information content (AvgIpc) is 2.39. The number of non-ortho nitro benzene ring substituents is 1. The second-order valence-corrected chi connectivity index (χ2v) is 4.74. The molecule has 0 aliphatic carbocycles. The summed E-state index contributed by atoms with van der Waals surface area (Å²) >= 11 is 0. The SMILES string of the molecule is O=C(Cc1cccc([N+](=O)[O-])c1)N1CCCC(O)C1. The number of likely N-dealkylation sites (tertiary alicyclic amines) is 1. The Labute approximate surface area is 110 Å². The van der Waals surface area contributed by atoms with Crippen LogP contribution in [0.1, 0.15) is 18.4 Å². The zero-order valence-corrected chi connectivity index (χ0v) is 10.5. The van der Waals surface area contributed by atoms with E-state index in [1.165, 1.54) is 12.1 Å². The lowest BCUT2D eigenvalue weighted by atomic mass is 10.1. The van der Waals surface area contributed by atoms with Gasteiger partial charge in [0.1, 0.15) is 0 Å². The van der Waals surface area contributed by atoms with E-state index in [-0.39, 0.29) is 18.0 Å². The summed E-state index contributed by atoms with van der Waals surface area (Å²) in [4.78, 5) is 23.8. The number of benzene rings is 1. The molecular weight excluding hydrogens is 248 g/mol. The highest BCUT2D eigenvalue weighted by molar-refractivity contribution is 5.79. The molecule has 102 valence electrons. The molecule has 1 saturated heterocycles. The van der Waals surface area contributed by atoms with Crippen molar-refractivity contribution < 1.29 is 14.8 Å². The van der Waals surface area contributed by atoms with Gasteiger partial charge >= 0.3 is 0 Å². The van der Waals surface area contributed by atoms with Crippen molar-refractivity contribution in [3.63, 3.8) is 0 Å². The number of carbonyl (C=O) groups excluding carboxylic acids is 1. The summed E-state index contributed by atoms with van der Waals surface area (Å²) in [7, 11) is 0. The largest absolute Gasteiger partial charge is 0.391 e. The van der Waals surface area contributed by atoms with Gasteiger partial charge in [0.05, 0.1) is 17.4 Å². The summed E-state index contributed by atoms with van der Waals surface area (Å²) < 4.78 is 0. The number of aliphatic hydroxyl groups is 1. The van der Waals surface area contributed by atoms with Gasteiger partial charge in [-0.2, -0.15) is 0 Å². The van der Waals surface area contributed by atoms with Crippen LogP contribution in [0.2, 0.25) is 0 Å². The summed E-state index contributed by atoms with van der Waals surface area (Å²) in [6.45, 7) is 0.999. The van der Waals surface area contributed by atoms with E-state index in [1.807, 2.05) is 0 Å². The van der Waals surface area contributed by atoms with Crippen LogP contribution in [0.3, 0.4) is 0 Å². The van der Waals surface area contributed by atoms with Crippen LogP contribution in [0, 0.1) is 10.1 Å². The van der Waals surface area contributed by atoms with Crippen molar-refractivity contribution in [3.05, 3.63) is 39.9 Å². The lowest BCUT2D eigenvalue weighted by molar-refractivity contribution is -0.384. The summed E-state index contributed by atoms with van der Waals surface area (Å²) in [6, 6.07) is 6.09. The molecule has 1 heterocycles. The molecule has 0 saturated carbocycles. The van der Waals surface area contributed by atoms with Gasteiger partial charge in [0.2, 0.25) is 5.91 Å². The number of nitro benzene ring substituents is 1. The van der Waals surface area contributed by atoms with Gasteiger partial charge in [0.25, 0.3) is 5.69 Å². The number of hydrogen-bond acceptors (Lipinski definition) is 4. The number of piperidine rings is 1. The molecule has 1 amide bonds. The van der Waals surface area contributed by atoms with Crippen molar-refractivity contribution in [2.45, 2.75) is 25.4 Å². The van der Waals surface area contributed by atoms with E-state index in [4.69, 9.17) is 0 Å². The Hall–Kier alpha value is -1.95. The van der Waals surface area contributed by atoms with Gasteiger partial charge in [0, 0.05) is 25.2 Å². The first-order valence-corrected chi connectivity index (χ1v) is 6.25. The molecule has 1 aliphatic rings. The Morgan fingerprint density at radius 1 is 1.53 bits per heavy atom.